The minimum Gasteiger partial charge on any atom is -0.264 e. The zero-order chi connectivity index (χ0) is 78.2. The van der Waals surface area contributed by atoms with Crippen molar-refractivity contribution in [3.63, 3.8) is 0 Å². The van der Waals surface area contributed by atoms with Crippen LogP contribution in [0.4, 0.5) is 0 Å². The van der Waals surface area contributed by atoms with Gasteiger partial charge < -0.3 is 0 Å². The molecule has 23 rings (SSSR count). The topological polar surface area (TPSA) is 51.6 Å². The van der Waals surface area contributed by atoms with Crippen LogP contribution < -0.4 is 0 Å². The summed E-state index contributed by atoms with van der Waals surface area (Å²) in [6.07, 6.45) is 5.55. The van der Waals surface area contributed by atoms with Crippen molar-refractivity contribution in [1.82, 2.24) is 19.9 Å². The molecule has 4 nitrogen and oxygen atoms in total. The molecule has 0 amide bonds. The monoisotopic (exact) mass is 1510 g/mol. The minimum atomic E-state index is 0. The van der Waals surface area contributed by atoms with Gasteiger partial charge >= 0.3 is 0 Å². The first kappa shape index (κ1) is 72.4. The highest BCUT2D eigenvalue weighted by molar-refractivity contribution is 6.24. The Morgan fingerprint density at radius 2 is 0.521 bits per heavy atom. The average Bonchev–Trinajstić information content (AvgIpc) is 0.737. The highest BCUT2D eigenvalue weighted by Gasteiger charge is 2.22. The zero-order valence-electron chi connectivity index (χ0n) is 64.5. The smallest absolute Gasteiger partial charge is 0.160 e. The van der Waals surface area contributed by atoms with Gasteiger partial charge in [0.25, 0.3) is 0 Å². The number of hydrogen-bond donors (Lipinski definition) is 0. The number of aromatic nitrogens is 4. The molecule has 0 N–H and O–H groups in total. The second kappa shape index (κ2) is 31.6. The molecule has 0 aliphatic rings. The van der Waals surface area contributed by atoms with Gasteiger partial charge in [0.1, 0.15) is 0 Å². The summed E-state index contributed by atoms with van der Waals surface area (Å²) < 4.78 is 0. The number of nitrogens with zero attached hydrogens (tertiary/aromatic N) is 4. The maximum absolute atomic E-state index is 5.27. The van der Waals surface area contributed by atoms with Gasteiger partial charge in [-0.15, -0.1) is 0 Å². The zero-order valence-corrected chi connectivity index (χ0v) is 64.5. The summed E-state index contributed by atoms with van der Waals surface area (Å²) in [5, 5.41) is 25.0. The Balaban J connectivity index is 0.000000115. The lowest BCUT2D eigenvalue weighted by Crippen LogP contribution is -1.97. The summed E-state index contributed by atoms with van der Waals surface area (Å²) in [5.74, 6) is 0.689. The number of benzene rings is 20. The van der Waals surface area contributed by atoms with Gasteiger partial charge in [0.05, 0.1) is 17.1 Å². The third-order valence-electron chi connectivity index (χ3n) is 23.3. The fraction of sp³-hybridized carbons (Fsp3) is 0.00870. The molecule has 20 aromatic carbocycles. The van der Waals surface area contributed by atoms with E-state index in [0.29, 0.717) is 5.82 Å². The van der Waals surface area contributed by atoms with Crippen molar-refractivity contribution in [2.45, 2.75) is 7.43 Å². The molecule has 23 aromatic rings. The summed E-state index contributed by atoms with van der Waals surface area (Å²) >= 11 is 0. The van der Waals surface area contributed by atoms with Gasteiger partial charge in [-0.25, -0.2) is 9.97 Å². The second-order valence-electron chi connectivity index (χ2n) is 30.2. The summed E-state index contributed by atoms with van der Waals surface area (Å²) in [4.78, 5) is 19.4. The maximum Gasteiger partial charge on any atom is 0.160 e. The lowest BCUT2D eigenvalue weighted by molar-refractivity contribution is 1.19. The number of fused-ring (bicyclic) bond motifs is 12. The fourth-order valence-corrected chi connectivity index (χ4v) is 17.8. The number of hydrogen-bond acceptors (Lipinski definition) is 4. The molecule has 0 fully saturated rings. The molecule has 0 saturated heterocycles. The first-order chi connectivity index (χ1) is 58.5. The summed E-state index contributed by atoms with van der Waals surface area (Å²) in [6.45, 7) is 0. The van der Waals surface area contributed by atoms with Gasteiger partial charge in [-0.3, -0.25) is 9.97 Å². The molecule has 0 bridgehead atoms. The van der Waals surface area contributed by atoms with Crippen LogP contribution in [0.5, 0.6) is 0 Å². The molecule has 0 atom stereocenters. The SMILES string of the molecule is C.c1ccc(-c2c3ccccc3c(-c3ccc(-c4cccc5ccccc45)cc3)c3ccccc23)cc1.c1ccc(-c2ccc(-c3nc(-c4cc5ccccc5c5ccccc45)cc(-c4cc5ccccc5c5ccccc45)n3)cc2)nc1.c1cncc(-c2ccc(-c3c4ccccc4c(-c4ccc5ccccc5c4)c4ccccc34)cc2)c1. The molecular weight excluding hydrogens is 1440 g/mol. The van der Waals surface area contributed by atoms with Gasteiger partial charge in [0, 0.05) is 40.8 Å². The van der Waals surface area contributed by atoms with E-state index in [4.69, 9.17) is 9.97 Å². The predicted molar refractivity (Wildman–Crippen MR) is 507 cm³/mol. The normalized spacial score (nSPS) is 11.3. The Labute approximate surface area is 691 Å². The van der Waals surface area contributed by atoms with Gasteiger partial charge in [-0.05, 0) is 217 Å². The first-order valence-electron chi connectivity index (χ1n) is 40.3. The van der Waals surface area contributed by atoms with Crippen molar-refractivity contribution in [1.29, 1.82) is 0 Å². The highest BCUT2D eigenvalue weighted by atomic mass is 14.9. The van der Waals surface area contributed by atoms with Crippen LogP contribution in [0.15, 0.2) is 449 Å². The summed E-state index contributed by atoms with van der Waals surface area (Å²) in [7, 11) is 0. The molecular formula is C115H78N4. The van der Waals surface area contributed by atoms with E-state index in [9.17, 15) is 0 Å². The summed E-state index contributed by atoms with van der Waals surface area (Å²) in [6, 6.07) is 154. The Hall–Kier alpha value is -15.6. The van der Waals surface area contributed by atoms with Gasteiger partial charge in [0.2, 0.25) is 0 Å². The molecule has 0 aliphatic heterocycles. The van der Waals surface area contributed by atoms with Crippen molar-refractivity contribution in [3.05, 3.63) is 449 Å². The van der Waals surface area contributed by atoms with Crippen LogP contribution in [0.2, 0.25) is 0 Å². The van der Waals surface area contributed by atoms with Gasteiger partial charge in [-0.1, -0.05) is 396 Å². The van der Waals surface area contributed by atoms with E-state index in [1.165, 1.54) is 169 Å². The van der Waals surface area contributed by atoms with E-state index < -0.39 is 0 Å². The van der Waals surface area contributed by atoms with Crippen LogP contribution >= 0.6 is 0 Å². The van der Waals surface area contributed by atoms with Crippen molar-refractivity contribution < 1.29 is 0 Å². The Morgan fingerprint density at radius 3 is 1.01 bits per heavy atom. The van der Waals surface area contributed by atoms with Crippen molar-refractivity contribution in [3.8, 4) is 112 Å². The molecule has 3 heterocycles. The molecule has 4 heteroatoms. The van der Waals surface area contributed by atoms with E-state index >= 15 is 0 Å². The lowest BCUT2D eigenvalue weighted by atomic mass is 9.85. The number of pyridine rings is 2. The molecule has 558 valence electrons. The second-order valence-corrected chi connectivity index (χ2v) is 30.2. The van der Waals surface area contributed by atoms with Crippen LogP contribution in [0.25, 0.3) is 220 Å². The molecule has 0 spiro atoms. The lowest BCUT2D eigenvalue weighted by Gasteiger charge is -2.18. The van der Waals surface area contributed by atoms with E-state index in [-0.39, 0.29) is 7.43 Å². The van der Waals surface area contributed by atoms with Crippen molar-refractivity contribution in [2.75, 3.05) is 0 Å². The Morgan fingerprint density at radius 1 is 0.160 bits per heavy atom. The van der Waals surface area contributed by atoms with Crippen molar-refractivity contribution >= 4 is 108 Å². The molecule has 0 aliphatic carbocycles. The van der Waals surface area contributed by atoms with E-state index in [0.717, 1.165) is 44.9 Å². The quantitative estimate of drug-likeness (QED) is 0.101. The maximum atomic E-state index is 5.27. The van der Waals surface area contributed by atoms with E-state index in [1.54, 1.807) is 0 Å². The Kier molecular flexibility index (Phi) is 19.2. The van der Waals surface area contributed by atoms with Crippen LogP contribution in [0.3, 0.4) is 0 Å². The van der Waals surface area contributed by atoms with Gasteiger partial charge in [-0.2, -0.15) is 0 Å². The third-order valence-corrected chi connectivity index (χ3v) is 23.3. The average molecular weight is 1520 g/mol. The van der Waals surface area contributed by atoms with E-state index in [1.807, 2.05) is 42.9 Å². The molecule has 0 unspecified atom stereocenters. The largest absolute Gasteiger partial charge is 0.264 e. The molecule has 3 aromatic heterocycles. The van der Waals surface area contributed by atoms with Crippen molar-refractivity contribution in [2.24, 2.45) is 0 Å². The molecule has 0 saturated carbocycles. The fourth-order valence-electron chi connectivity index (χ4n) is 17.8. The summed E-state index contributed by atoms with van der Waals surface area (Å²) in [5.41, 5.74) is 21.9. The van der Waals surface area contributed by atoms with Crippen LogP contribution in [0, 0.1) is 0 Å². The standard InChI is InChI=1S/C43H27N3.C36H24.C35H23N.CH4/c1-3-13-32-30(11-1)25-38(36-17-7-5-15-34(32)36)41-27-42(39-26-31-12-2-4-14-33(31)35-16-6-8-18-37(35)39)46-43(45-41)29-22-20-28(21-23-29)40-19-9-10-24-44-40;1-2-12-27(13-3-1)35-31-16-6-8-18-33(31)36(34-19-9-7-17-32(34)35)28-23-21-26(22-24-28)30-20-10-14-25-11-4-5-15-29(25)30;1-2-9-27-22-28(20-17-24(27)8-1)35-32-13-5-3-11-30(32)34(31-12-4-6-14-33(31)35)26-18-15-25(16-19-26)29-10-7-21-36-23-29;/h1-27H;1-24H;1-23H;1H4. The minimum absolute atomic E-state index is 0. The predicted octanol–water partition coefficient (Wildman–Crippen LogP) is 31.5. The Bertz CT molecular complexity index is 7500. The first-order valence-corrected chi connectivity index (χ1v) is 40.3. The van der Waals surface area contributed by atoms with Crippen LogP contribution in [0.1, 0.15) is 7.43 Å². The van der Waals surface area contributed by atoms with E-state index in [2.05, 4.69) is 416 Å². The molecule has 0 radical (unpaired) electrons. The molecule has 119 heavy (non-hydrogen) atoms. The van der Waals surface area contributed by atoms with Gasteiger partial charge in [0.15, 0.2) is 5.82 Å². The number of rotatable bonds is 10. The highest BCUT2D eigenvalue weighted by Crippen LogP contribution is 2.48. The van der Waals surface area contributed by atoms with Crippen LogP contribution in [-0.4, -0.2) is 19.9 Å². The van der Waals surface area contributed by atoms with Crippen LogP contribution in [-0.2, 0) is 0 Å². The third kappa shape index (κ3) is 13.6.